The summed E-state index contributed by atoms with van der Waals surface area (Å²) in [7, 11) is 0. The molecular formula is C16H20F2N2O3. The van der Waals surface area contributed by atoms with Crippen LogP contribution in [0.1, 0.15) is 19.3 Å². The van der Waals surface area contributed by atoms with E-state index >= 15 is 0 Å². The van der Waals surface area contributed by atoms with E-state index in [1.54, 1.807) is 18.2 Å². The molecule has 1 N–H and O–H groups in total. The number of ether oxygens (including phenoxy) is 2. The maximum atomic E-state index is 12.5. The molecule has 0 spiro atoms. The number of hydrogen-bond acceptors (Lipinski definition) is 4. The molecule has 1 amide bonds. The minimum absolute atomic E-state index is 0.00805. The lowest BCUT2D eigenvalue weighted by Crippen LogP contribution is -2.42. The summed E-state index contributed by atoms with van der Waals surface area (Å²) >= 11 is 0. The fraction of sp³-hybridized carbons (Fsp3) is 0.562. The average molecular weight is 326 g/mol. The largest absolute Gasteiger partial charge is 0.433 e. The third-order valence-electron chi connectivity index (χ3n) is 4.18. The Morgan fingerprint density at radius 2 is 2.17 bits per heavy atom. The van der Waals surface area contributed by atoms with Gasteiger partial charge in [0.05, 0.1) is 5.69 Å². The fourth-order valence-electron chi connectivity index (χ4n) is 3.09. The summed E-state index contributed by atoms with van der Waals surface area (Å²) in [5, 5.41) is 2.99. The molecule has 7 heteroatoms. The van der Waals surface area contributed by atoms with Gasteiger partial charge in [-0.15, -0.1) is 0 Å². The van der Waals surface area contributed by atoms with Gasteiger partial charge in [-0.1, -0.05) is 12.1 Å². The highest BCUT2D eigenvalue weighted by Crippen LogP contribution is 2.31. The highest BCUT2D eigenvalue weighted by molar-refractivity contribution is 5.81. The van der Waals surface area contributed by atoms with Crippen LogP contribution in [0.5, 0.6) is 5.75 Å². The number of carbonyl (C=O) groups excluding carboxylic acids is 1. The van der Waals surface area contributed by atoms with Crippen LogP contribution in [0.2, 0.25) is 0 Å². The number of alkyl halides is 2. The predicted molar refractivity (Wildman–Crippen MR) is 80.8 cm³/mol. The number of nitrogens with one attached hydrogen (secondary N) is 1. The van der Waals surface area contributed by atoms with E-state index in [1.165, 1.54) is 6.07 Å². The molecule has 0 saturated carbocycles. The van der Waals surface area contributed by atoms with Crippen LogP contribution in [0.15, 0.2) is 24.3 Å². The van der Waals surface area contributed by atoms with Gasteiger partial charge in [-0.25, -0.2) is 0 Å². The fourth-order valence-corrected chi connectivity index (χ4v) is 3.09. The van der Waals surface area contributed by atoms with Crippen molar-refractivity contribution >= 4 is 11.6 Å². The lowest BCUT2D eigenvalue weighted by Gasteiger charge is -2.22. The summed E-state index contributed by atoms with van der Waals surface area (Å²) < 4.78 is 34.9. The lowest BCUT2D eigenvalue weighted by molar-refractivity contribution is -0.130. The van der Waals surface area contributed by atoms with Gasteiger partial charge >= 0.3 is 6.61 Å². The number of rotatable bonds is 5. The molecular weight excluding hydrogens is 306 g/mol. The molecule has 126 valence electrons. The molecule has 0 radical (unpaired) electrons. The number of anilines is 1. The van der Waals surface area contributed by atoms with E-state index in [0.717, 1.165) is 19.3 Å². The molecule has 23 heavy (non-hydrogen) atoms. The first kappa shape index (κ1) is 16.0. The predicted octanol–water partition coefficient (Wildman–Crippen LogP) is 2.16. The normalized spacial score (nSPS) is 24.2. The first-order valence-corrected chi connectivity index (χ1v) is 7.84. The summed E-state index contributed by atoms with van der Waals surface area (Å²) in [6.45, 7) is -0.969. The number of halogens is 2. The zero-order valence-corrected chi connectivity index (χ0v) is 12.7. The van der Waals surface area contributed by atoms with Crippen molar-refractivity contribution in [2.24, 2.45) is 0 Å². The number of hydrogen-bond donors (Lipinski definition) is 1. The van der Waals surface area contributed by atoms with Gasteiger partial charge < -0.3 is 19.7 Å². The van der Waals surface area contributed by atoms with Crippen molar-refractivity contribution in [3.63, 3.8) is 0 Å². The number of para-hydroxylation sites is 2. The van der Waals surface area contributed by atoms with Gasteiger partial charge in [0, 0.05) is 25.7 Å². The zero-order chi connectivity index (χ0) is 16.2. The van der Waals surface area contributed by atoms with Crippen molar-refractivity contribution in [1.82, 2.24) is 5.32 Å². The molecule has 2 fully saturated rings. The van der Waals surface area contributed by atoms with E-state index in [2.05, 4.69) is 10.1 Å². The molecule has 2 heterocycles. The van der Waals surface area contributed by atoms with E-state index in [-0.39, 0.29) is 23.8 Å². The van der Waals surface area contributed by atoms with Crippen LogP contribution in [0.4, 0.5) is 14.5 Å². The molecule has 2 atom stereocenters. The Morgan fingerprint density at radius 3 is 2.91 bits per heavy atom. The monoisotopic (exact) mass is 326 g/mol. The van der Waals surface area contributed by atoms with Gasteiger partial charge in [0.2, 0.25) is 5.91 Å². The molecule has 3 rings (SSSR count). The minimum Gasteiger partial charge on any atom is -0.433 e. The molecule has 0 aliphatic carbocycles. The molecule has 0 bridgehead atoms. The van der Waals surface area contributed by atoms with Gasteiger partial charge in [-0.2, -0.15) is 8.78 Å². The maximum absolute atomic E-state index is 12.5. The molecule has 2 aliphatic heterocycles. The number of nitrogens with zero attached hydrogens (tertiary/aromatic N) is 1. The summed E-state index contributed by atoms with van der Waals surface area (Å²) in [5.41, 5.74) is 0.627. The van der Waals surface area contributed by atoms with Crippen LogP contribution in [-0.4, -0.2) is 44.4 Å². The highest BCUT2D eigenvalue weighted by Gasteiger charge is 2.30. The van der Waals surface area contributed by atoms with E-state index in [1.807, 2.05) is 4.90 Å². The SMILES string of the molecule is O=C(NC1CCN(c2ccccc2OC(F)F)C1)C1CCCO1. The van der Waals surface area contributed by atoms with Crippen LogP contribution >= 0.6 is 0 Å². The second-order valence-corrected chi connectivity index (χ2v) is 5.79. The summed E-state index contributed by atoms with van der Waals surface area (Å²) in [5.74, 6) is 0.0834. The van der Waals surface area contributed by atoms with Crippen LogP contribution in [0, 0.1) is 0 Å². The first-order chi connectivity index (χ1) is 11.1. The van der Waals surface area contributed by atoms with E-state index < -0.39 is 6.61 Å². The van der Waals surface area contributed by atoms with Crippen LogP contribution in [0.25, 0.3) is 0 Å². The van der Waals surface area contributed by atoms with Gasteiger partial charge in [-0.05, 0) is 31.4 Å². The highest BCUT2D eigenvalue weighted by atomic mass is 19.3. The maximum Gasteiger partial charge on any atom is 0.387 e. The zero-order valence-electron chi connectivity index (χ0n) is 12.7. The Bertz CT molecular complexity index is 550. The van der Waals surface area contributed by atoms with Gasteiger partial charge in [0.15, 0.2) is 0 Å². The Hall–Kier alpha value is -1.89. The Labute approximate surface area is 133 Å². The third-order valence-corrected chi connectivity index (χ3v) is 4.18. The smallest absolute Gasteiger partial charge is 0.387 e. The van der Waals surface area contributed by atoms with Crippen LogP contribution in [0.3, 0.4) is 0 Å². The van der Waals surface area contributed by atoms with E-state index in [0.29, 0.717) is 25.4 Å². The average Bonchev–Trinajstić information content (AvgIpc) is 3.18. The van der Waals surface area contributed by atoms with Gasteiger partial charge in [0.1, 0.15) is 11.9 Å². The number of amides is 1. The number of benzene rings is 1. The minimum atomic E-state index is -2.85. The van der Waals surface area contributed by atoms with Crippen LogP contribution in [-0.2, 0) is 9.53 Å². The Balaban J connectivity index is 1.60. The molecule has 1 aromatic rings. The van der Waals surface area contributed by atoms with E-state index in [4.69, 9.17) is 4.74 Å². The van der Waals surface area contributed by atoms with Gasteiger partial charge in [-0.3, -0.25) is 4.79 Å². The third kappa shape index (κ3) is 3.90. The van der Waals surface area contributed by atoms with Crippen molar-refractivity contribution in [1.29, 1.82) is 0 Å². The molecule has 1 aromatic carbocycles. The molecule has 0 aromatic heterocycles. The first-order valence-electron chi connectivity index (χ1n) is 7.84. The molecule has 2 aliphatic rings. The van der Waals surface area contributed by atoms with Crippen molar-refractivity contribution in [3.8, 4) is 5.75 Å². The lowest BCUT2D eigenvalue weighted by atomic mass is 10.2. The summed E-state index contributed by atoms with van der Waals surface area (Å²) in [4.78, 5) is 14.0. The Kier molecular flexibility index (Phi) is 4.95. The number of carbonyl (C=O) groups is 1. The summed E-state index contributed by atoms with van der Waals surface area (Å²) in [6, 6.07) is 6.72. The van der Waals surface area contributed by atoms with Gasteiger partial charge in [0.25, 0.3) is 0 Å². The topological polar surface area (TPSA) is 50.8 Å². The standard InChI is InChI=1S/C16H20F2N2O3/c17-16(18)23-13-5-2-1-4-12(13)20-8-7-11(10-20)19-15(21)14-6-3-9-22-14/h1-2,4-5,11,14,16H,3,6-10H2,(H,19,21). The van der Waals surface area contributed by atoms with Crippen molar-refractivity contribution in [2.45, 2.75) is 38.0 Å². The van der Waals surface area contributed by atoms with Crippen LogP contribution < -0.4 is 15.0 Å². The molecule has 5 nitrogen and oxygen atoms in total. The second-order valence-electron chi connectivity index (χ2n) is 5.79. The molecule has 2 saturated heterocycles. The van der Waals surface area contributed by atoms with E-state index in [9.17, 15) is 13.6 Å². The van der Waals surface area contributed by atoms with Crippen molar-refractivity contribution in [2.75, 3.05) is 24.6 Å². The second kappa shape index (κ2) is 7.12. The summed E-state index contributed by atoms with van der Waals surface area (Å²) in [6.07, 6.45) is 2.08. The quantitative estimate of drug-likeness (QED) is 0.901. The van der Waals surface area contributed by atoms with Crippen molar-refractivity contribution < 1.29 is 23.0 Å². The molecule has 2 unspecified atom stereocenters. The Morgan fingerprint density at radius 1 is 1.35 bits per heavy atom. The van der Waals surface area contributed by atoms with Crippen molar-refractivity contribution in [3.05, 3.63) is 24.3 Å².